The number of piperidine rings is 1. The van der Waals surface area contributed by atoms with Crippen molar-refractivity contribution < 1.29 is 23.8 Å². The van der Waals surface area contributed by atoms with E-state index in [0.717, 1.165) is 66.8 Å². The van der Waals surface area contributed by atoms with Crippen LogP contribution in [0, 0.1) is 24.1 Å². The highest BCUT2D eigenvalue weighted by Gasteiger charge is 2.24. The van der Waals surface area contributed by atoms with E-state index in [1.165, 1.54) is 12.1 Å². The van der Waals surface area contributed by atoms with Gasteiger partial charge in [-0.3, -0.25) is 9.58 Å². The summed E-state index contributed by atoms with van der Waals surface area (Å²) in [6.07, 6.45) is 1.57. The normalized spacial score (nSPS) is 14.0. The number of hydrogen-bond acceptors (Lipinski definition) is 8. The van der Waals surface area contributed by atoms with Crippen molar-refractivity contribution in [1.82, 2.24) is 29.2 Å². The van der Waals surface area contributed by atoms with Crippen molar-refractivity contribution in [2.75, 3.05) is 13.1 Å². The molecule has 0 amide bonds. The number of hydrogen-bond donors (Lipinski definition) is 1. The molecule has 0 aliphatic carbocycles. The molecule has 0 radical (unpaired) electrons. The van der Waals surface area contributed by atoms with E-state index in [1.54, 1.807) is 30.3 Å². The van der Waals surface area contributed by atoms with Gasteiger partial charge < -0.3 is 19.1 Å². The van der Waals surface area contributed by atoms with E-state index in [2.05, 4.69) is 32.5 Å². The van der Waals surface area contributed by atoms with Gasteiger partial charge in [-0.25, -0.2) is 19.2 Å². The number of nitrogens with zero attached hydrogens (tertiary/aromatic N) is 7. The highest BCUT2D eigenvalue weighted by atomic mass is 19.1. The molecule has 1 aliphatic heterocycles. The van der Waals surface area contributed by atoms with E-state index in [0.29, 0.717) is 24.7 Å². The average Bonchev–Trinajstić information content (AvgIpc) is 3.59. The number of nitriles is 1. The lowest BCUT2D eigenvalue weighted by atomic mass is 10.1. The summed E-state index contributed by atoms with van der Waals surface area (Å²) in [5.74, 6) is -0.159. The van der Waals surface area contributed by atoms with Crippen LogP contribution in [0.5, 0.6) is 11.6 Å². The van der Waals surface area contributed by atoms with Gasteiger partial charge in [-0.15, -0.1) is 0 Å². The van der Waals surface area contributed by atoms with Gasteiger partial charge in [0, 0.05) is 25.7 Å². The van der Waals surface area contributed by atoms with E-state index in [4.69, 9.17) is 19.7 Å². The molecule has 2 aromatic carbocycles. The molecule has 12 heteroatoms. The molecule has 1 aliphatic rings. The molecule has 1 saturated heterocycles. The maximum Gasteiger partial charge on any atom is 0.335 e. The zero-order chi connectivity index (χ0) is 32.2. The molecule has 236 valence electrons. The average molecular weight is 624 g/mol. The second-order valence-corrected chi connectivity index (χ2v) is 11.3. The van der Waals surface area contributed by atoms with Gasteiger partial charge in [-0.05, 0) is 75.2 Å². The maximum absolute atomic E-state index is 14.2. The summed E-state index contributed by atoms with van der Waals surface area (Å²) in [6.45, 7) is 7.55. The minimum atomic E-state index is -0.972. The zero-order valence-electron chi connectivity index (χ0n) is 25.7. The fourth-order valence-electron chi connectivity index (χ4n) is 5.76. The van der Waals surface area contributed by atoms with E-state index < -0.39 is 11.8 Å². The minimum absolute atomic E-state index is 0.0188. The van der Waals surface area contributed by atoms with Gasteiger partial charge in [0.05, 0.1) is 58.4 Å². The first-order valence-electron chi connectivity index (χ1n) is 15.2. The summed E-state index contributed by atoms with van der Waals surface area (Å²) in [6, 6.07) is 18.5. The molecule has 3 aromatic heterocycles. The number of ether oxygens (including phenoxy) is 2. The Morgan fingerprint density at radius 1 is 1.09 bits per heavy atom. The highest BCUT2D eigenvalue weighted by Crippen LogP contribution is 2.25. The number of fused-ring (bicyclic) bond motifs is 1. The lowest BCUT2D eigenvalue weighted by Crippen LogP contribution is -2.38. The number of aryl methyl sites for hydroxylation is 2. The number of aromatic nitrogens is 5. The molecule has 11 nitrogen and oxygen atoms in total. The Hall–Kier alpha value is -5.28. The topological polar surface area (TPSA) is 131 Å². The number of aromatic carboxylic acids is 1. The van der Waals surface area contributed by atoms with Gasteiger partial charge in [-0.2, -0.15) is 10.4 Å². The Balaban J connectivity index is 1.10. The van der Waals surface area contributed by atoms with Crippen LogP contribution in [0.25, 0.3) is 11.0 Å². The van der Waals surface area contributed by atoms with Crippen molar-refractivity contribution in [2.45, 2.75) is 59.0 Å². The summed E-state index contributed by atoms with van der Waals surface area (Å²) in [5.41, 5.74) is 4.57. The highest BCUT2D eigenvalue weighted by molar-refractivity contribution is 5.92. The first-order chi connectivity index (χ1) is 22.3. The summed E-state index contributed by atoms with van der Waals surface area (Å²) in [4.78, 5) is 23.6. The van der Waals surface area contributed by atoms with Crippen LogP contribution in [0.15, 0.2) is 60.7 Å². The molecular formula is C34H34FN7O4. The lowest BCUT2D eigenvalue weighted by molar-refractivity contribution is 0.0697. The van der Waals surface area contributed by atoms with Gasteiger partial charge >= 0.3 is 5.97 Å². The van der Waals surface area contributed by atoms with Gasteiger partial charge in [0.25, 0.3) is 0 Å². The second-order valence-electron chi connectivity index (χ2n) is 11.3. The molecule has 0 bridgehead atoms. The Labute approximate surface area is 265 Å². The van der Waals surface area contributed by atoms with Gasteiger partial charge in [-0.1, -0.05) is 6.07 Å². The van der Waals surface area contributed by atoms with Crippen LogP contribution >= 0.6 is 0 Å². The predicted molar refractivity (Wildman–Crippen MR) is 167 cm³/mol. The fraction of sp³-hybridized carbons (Fsp3) is 0.324. The Morgan fingerprint density at radius 3 is 2.65 bits per heavy atom. The monoisotopic (exact) mass is 623 g/mol. The van der Waals surface area contributed by atoms with E-state index in [1.807, 2.05) is 23.7 Å². The Kier molecular flexibility index (Phi) is 8.94. The third-order valence-electron chi connectivity index (χ3n) is 8.08. The van der Waals surface area contributed by atoms with Crippen molar-refractivity contribution in [3.8, 4) is 17.7 Å². The third-order valence-corrected chi connectivity index (χ3v) is 8.08. The van der Waals surface area contributed by atoms with Gasteiger partial charge in [0.15, 0.2) is 11.6 Å². The van der Waals surface area contributed by atoms with Gasteiger partial charge in [0.2, 0.25) is 5.88 Å². The number of rotatable bonds is 11. The second kappa shape index (κ2) is 13.4. The van der Waals surface area contributed by atoms with Crippen molar-refractivity contribution >= 4 is 17.0 Å². The molecule has 4 heterocycles. The van der Waals surface area contributed by atoms with Crippen molar-refractivity contribution in [3.05, 3.63) is 101 Å². The summed E-state index contributed by atoms with van der Waals surface area (Å²) in [5, 5.41) is 23.1. The minimum Gasteiger partial charge on any atom is -0.484 e. The van der Waals surface area contributed by atoms with E-state index in [9.17, 15) is 14.3 Å². The molecule has 1 N–H and O–H groups in total. The Bertz CT molecular complexity index is 1920. The number of imidazole rings is 1. The van der Waals surface area contributed by atoms with Crippen LogP contribution in [0.2, 0.25) is 0 Å². The van der Waals surface area contributed by atoms with Crippen molar-refractivity contribution in [1.29, 1.82) is 5.26 Å². The number of carboxylic acids is 1. The summed E-state index contributed by atoms with van der Waals surface area (Å²) >= 11 is 0. The van der Waals surface area contributed by atoms with Crippen LogP contribution < -0.4 is 9.47 Å². The van der Waals surface area contributed by atoms with Gasteiger partial charge in [0.1, 0.15) is 18.5 Å². The number of likely N-dealkylation sites (tertiary alicyclic amines) is 1. The number of carboxylic acid groups (broad SMARTS) is 1. The number of carbonyl (C=O) groups is 1. The molecule has 0 unspecified atom stereocenters. The fourth-order valence-corrected chi connectivity index (χ4v) is 5.76. The summed E-state index contributed by atoms with van der Waals surface area (Å²) in [7, 11) is 0. The molecule has 0 saturated carbocycles. The van der Waals surface area contributed by atoms with E-state index in [-0.39, 0.29) is 29.6 Å². The molecular weight excluding hydrogens is 589 g/mol. The number of benzene rings is 2. The largest absolute Gasteiger partial charge is 0.484 e. The molecule has 46 heavy (non-hydrogen) atoms. The molecule has 6 rings (SSSR count). The van der Waals surface area contributed by atoms with Crippen molar-refractivity contribution in [2.24, 2.45) is 0 Å². The van der Waals surface area contributed by atoms with Crippen LogP contribution in [-0.2, 0) is 26.2 Å². The lowest BCUT2D eigenvalue weighted by Gasteiger charge is -2.31. The molecule has 0 atom stereocenters. The molecule has 5 aromatic rings. The van der Waals surface area contributed by atoms with Crippen LogP contribution in [0.3, 0.4) is 0 Å². The summed E-state index contributed by atoms with van der Waals surface area (Å²) < 4.78 is 30.1. The molecule has 1 fully saturated rings. The quantitative estimate of drug-likeness (QED) is 0.207. The van der Waals surface area contributed by atoms with Crippen LogP contribution in [-0.4, -0.2) is 59.5 Å². The first-order valence-corrected chi connectivity index (χ1v) is 15.2. The van der Waals surface area contributed by atoms with Crippen molar-refractivity contribution in [3.63, 3.8) is 0 Å². The smallest absolute Gasteiger partial charge is 0.335 e. The van der Waals surface area contributed by atoms with Crippen LogP contribution in [0.4, 0.5) is 4.39 Å². The number of pyridine rings is 1. The maximum atomic E-state index is 14.2. The third kappa shape index (κ3) is 6.84. The van der Waals surface area contributed by atoms with Crippen LogP contribution in [0.1, 0.15) is 58.6 Å². The number of halogens is 1. The van der Waals surface area contributed by atoms with E-state index >= 15 is 0 Å². The predicted octanol–water partition coefficient (Wildman–Crippen LogP) is 5.34. The molecule has 0 spiro atoms. The first kappa shape index (κ1) is 30.7. The standard InChI is InChI=1S/C34H34FN7O4/c1-3-42-26(15-22(2)39-42)19-41-30-17-24(34(43)44)8-9-29(30)38-32(41)20-40-13-11-27(12-14-40)46-33-6-4-5-25(37-33)21-45-31-10-7-23(18-36)16-28(31)35/h4-10,15-17,27H,3,11-14,19-21H2,1-2H3,(H,43,44). The Morgan fingerprint density at radius 2 is 1.91 bits per heavy atom. The zero-order valence-corrected chi connectivity index (χ0v) is 25.7. The SMILES string of the molecule is CCn1nc(C)cc1Cn1c(CN2CCC(Oc3cccc(COc4ccc(C#N)cc4F)n3)CC2)nc2ccc(C(=O)O)cc21.